The number of furan rings is 1. The molecule has 1 aliphatic heterocycles. The van der Waals surface area contributed by atoms with Gasteiger partial charge in [-0.25, -0.2) is 14.6 Å². The van der Waals surface area contributed by atoms with Crippen molar-refractivity contribution in [1.82, 2.24) is 25.1 Å². The van der Waals surface area contributed by atoms with Crippen LogP contribution in [0, 0.1) is 0 Å². The Labute approximate surface area is 217 Å². The van der Waals surface area contributed by atoms with Gasteiger partial charge in [-0.1, -0.05) is 6.07 Å². The first kappa shape index (κ1) is 23.7. The minimum atomic E-state index is -0.399. The molecule has 1 fully saturated rings. The van der Waals surface area contributed by atoms with Crippen LogP contribution in [0.2, 0.25) is 0 Å². The predicted octanol–water partition coefficient (Wildman–Crippen LogP) is 4.02. The van der Waals surface area contributed by atoms with Crippen molar-refractivity contribution in [2.75, 3.05) is 38.4 Å². The van der Waals surface area contributed by atoms with E-state index in [0.29, 0.717) is 45.3 Å². The van der Waals surface area contributed by atoms with Crippen molar-refractivity contribution < 1.29 is 18.7 Å². The summed E-state index contributed by atoms with van der Waals surface area (Å²) in [5.41, 5.74) is 9.52. The van der Waals surface area contributed by atoms with Gasteiger partial charge in [0.25, 0.3) is 5.91 Å². The van der Waals surface area contributed by atoms with Gasteiger partial charge in [0.2, 0.25) is 0 Å². The van der Waals surface area contributed by atoms with Crippen molar-refractivity contribution in [2.45, 2.75) is 18.9 Å². The number of aromatic nitrogens is 4. The van der Waals surface area contributed by atoms with Crippen LogP contribution >= 0.6 is 0 Å². The molecule has 0 spiro atoms. The molecule has 1 amide bonds. The van der Waals surface area contributed by atoms with Crippen molar-refractivity contribution in [3.05, 3.63) is 54.6 Å². The summed E-state index contributed by atoms with van der Waals surface area (Å²) in [6.45, 7) is 1.84. The Kier molecular flexibility index (Phi) is 6.04. The van der Waals surface area contributed by atoms with E-state index in [-0.39, 0.29) is 11.8 Å². The zero-order valence-electron chi connectivity index (χ0n) is 21.0. The number of rotatable bonds is 6. The minimum absolute atomic E-state index is 0.177. The third-order valence-electron chi connectivity index (χ3n) is 6.84. The van der Waals surface area contributed by atoms with Crippen LogP contribution in [0.5, 0.6) is 11.5 Å². The van der Waals surface area contributed by atoms with E-state index in [2.05, 4.69) is 20.6 Å². The molecule has 0 radical (unpaired) electrons. The highest BCUT2D eigenvalue weighted by Crippen LogP contribution is 2.37. The molecule has 4 heterocycles. The highest BCUT2D eigenvalue weighted by atomic mass is 16.5. The second kappa shape index (κ2) is 9.67. The first-order chi connectivity index (χ1) is 18.6. The van der Waals surface area contributed by atoms with E-state index in [9.17, 15) is 4.79 Å². The molecule has 3 aromatic heterocycles. The normalized spacial score (nSPS) is 14.2. The van der Waals surface area contributed by atoms with Crippen molar-refractivity contribution in [3.63, 3.8) is 0 Å². The van der Waals surface area contributed by atoms with Gasteiger partial charge < -0.3 is 30.3 Å². The lowest BCUT2D eigenvalue weighted by atomic mass is 10.1. The molecule has 0 bridgehead atoms. The van der Waals surface area contributed by atoms with Gasteiger partial charge in [0.1, 0.15) is 34.9 Å². The van der Waals surface area contributed by atoms with Crippen molar-refractivity contribution in [2.24, 2.45) is 0 Å². The monoisotopic (exact) mass is 513 g/mol. The Morgan fingerprint density at radius 3 is 2.74 bits per heavy atom. The van der Waals surface area contributed by atoms with Gasteiger partial charge in [-0.2, -0.15) is 5.10 Å². The van der Waals surface area contributed by atoms with E-state index in [0.717, 1.165) is 36.9 Å². The number of nitrogens with two attached hydrogens (primary N) is 1. The van der Waals surface area contributed by atoms with E-state index in [1.54, 1.807) is 38.5 Å². The molecule has 5 aromatic rings. The Morgan fingerprint density at radius 1 is 1.11 bits per heavy atom. The molecule has 11 heteroatoms. The van der Waals surface area contributed by atoms with E-state index < -0.39 is 5.91 Å². The molecular formula is C27H27N7O4. The van der Waals surface area contributed by atoms with Gasteiger partial charge in [0, 0.05) is 10.9 Å². The number of ether oxygens (including phenoxy) is 2. The summed E-state index contributed by atoms with van der Waals surface area (Å²) in [5, 5.41) is 12.7. The highest BCUT2D eigenvalue weighted by Gasteiger charge is 2.24. The molecule has 0 atom stereocenters. The zero-order chi connectivity index (χ0) is 26.2. The number of fused-ring (bicyclic) bond motifs is 2. The summed E-state index contributed by atoms with van der Waals surface area (Å²) in [7, 11) is 3.14. The number of piperidine rings is 1. The molecule has 4 N–H and O–H groups in total. The van der Waals surface area contributed by atoms with Gasteiger partial charge in [-0.05, 0) is 62.3 Å². The van der Waals surface area contributed by atoms with Gasteiger partial charge in [0.15, 0.2) is 11.4 Å². The molecule has 0 saturated carbocycles. The quantitative estimate of drug-likeness (QED) is 0.307. The predicted molar refractivity (Wildman–Crippen MR) is 144 cm³/mol. The second-order valence-corrected chi connectivity index (χ2v) is 9.12. The smallest absolute Gasteiger partial charge is 0.291 e. The molecule has 1 saturated heterocycles. The molecule has 0 unspecified atom stereocenters. The molecule has 0 aliphatic carbocycles. The van der Waals surface area contributed by atoms with Crippen LogP contribution in [0.25, 0.3) is 33.3 Å². The molecule has 2 aromatic carbocycles. The van der Waals surface area contributed by atoms with Crippen LogP contribution in [0.3, 0.4) is 0 Å². The third-order valence-corrected chi connectivity index (χ3v) is 6.84. The Morgan fingerprint density at radius 2 is 1.95 bits per heavy atom. The van der Waals surface area contributed by atoms with E-state index in [1.807, 2.05) is 22.9 Å². The van der Waals surface area contributed by atoms with Gasteiger partial charge in [-0.15, -0.1) is 0 Å². The van der Waals surface area contributed by atoms with Gasteiger partial charge in [0.05, 0.1) is 31.3 Å². The van der Waals surface area contributed by atoms with Crippen molar-refractivity contribution in [1.29, 1.82) is 0 Å². The molecule has 194 valence electrons. The number of nitrogens with one attached hydrogen (secondary N) is 2. The van der Waals surface area contributed by atoms with Crippen molar-refractivity contribution in [3.8, 4) is 22.8 Å². The summed E-state index contributed by atoms with van der Waals surface area (Å²) in [4.78, 5) is 21.7. The topological polar surface area (TPSA) is 142 Å². The fourth-order valence-corrected chi connectivity index (χ4v) is 4.89. The van der Waals surface area contributed by atoms with E-state index >= 15 is 0 Å². The maximum absolute atomic E-state index is 13.0. The summed E-state index contributed by atoms with van der Waals surface area (Å²) in [6, 6.07) is 12.7. The molecule has 6 rings (SSSR count). The lowest BCUT2D eigenvalue weighted by molar-refractivity contribution is 0.0998. The number of anilines is 2. The SMILES string of the molecule is COc1ccc2oc(C(=O)Nc3ccc(-c4nn(C5CCNCC5)c5ncnc(N)c45)cc3OC)cc2c1. The van der Waals surface area contributed by atoms with Gasteiger partial charge >= 0.3 is 0 Å². The lowest BCUT2D eigenvalue weighted by Gasteiger charge is -2.23. The van der Waals surface area contributed by atoms with E-state index in [4.69, 9.17) is 24.7 Å². The third kappa shape index (κ3) is 4.16. The van der Waals surface area contributed by atoms with Crippen LogP contribution < -0.4 is 25.8 Å². The summed E-state index contributed by atoms with van der Waals surface area (Å²) < 4.78 is 18.6. The van der Waals surface area contributed by atoms with Gasteiger partial charge in [-0.3, -0.25) is 4.79 Å². The number of nitrogens with zero attached hydrogens (tertiary/aromatic N) is 4. The van der Waals surface area contributed by atoms with Crippen LogP contribution in [0.4, 0.5) is 11.5 Å². The lowest BCUT2D eigenvalue weighted by Crippen LogP contribution is -2.30. The number of hydrogen-bond donors (Lipinski definition) is 3. The number of nitrogen functional groups attached to an aromatic ring is 1. The fraction of sp³-hybridized carbons (Fsp3) is 0.259. The number of hydrogen-bond acceptors (Lipinski definition) is 9. The Bertz CT molecular complexity index is 1650. The standard InChI is InChI=1S/C27H27N7O4/c1-36-18-4-6-20-16(11-18)13-22(38-20)27(35)32-19-5-3-15(12-21(19)37-2)24-23-25(28)30-14-31-26(23)34(33-24)17-7-9-29-10-8-17/h3-6,11-14,17,29H,7-10H2,1-2H3,(H,32,35)(H2,28,30,31). The number of methoxy groups -OCH3 is 2. The fourth-order valence-electron chi connectivity index (χ4n) is 4.89. The Balaban J connectivity index is 1.34. The molecule has 38 heavy (non-hydrogen) atoms. The summed E-state index contributed by atoms with van der Waals surface area (Å²) in [6.07, 6.45) is 3.36. The maximum Gasteiger partial charge on any atom is 0.291 e. The first-order valence-electron chi connectivity index (χ1n) is 12.3. The largest absolute Gasteiger partial charge is 0.497 e. The Hall–Kier alpha value is -4.64. The molecular weight excluding hydrogens is 486 g/mol. The number of amides is 1. The molecule has 1 aliphatic rings. The number of carbonyl (C=O) groups is 1. The van der Waals surface area contributed by atoms with Crippen LogP contribution in [-0.4, -0.2) is 53.0 Å². The van der Waals surface area contributed by atoms with Crippen LogP contribution in [0.1, 0.15) is 29.4 Å². The maximum atomic E-state index is 13.0. The summed E-state index contributed by atoms with van der Waals surface area (Å²) >= 11 is 0. The van der Waals surface area contributed by atoms with E-state index in [1.165, 1.54) is 6.33 Å². The van der Waals surface area contributed by atoms with Crippen LogP contribution in [0.15, 0.2) is 53.2 Å². The average molecular weight is 514 g/mol. The number of carbonyl (C=O) groups excluding carboxylic acids is 1. The average Bonchev–Trinajstić information content (AvgIpc) is 3.56. The number of benzene rings is 2. The second-order valence-electron chi connectivity index (χ2n) is 9.12. The highest BCUT2D eigenvalue weighted by molar-refractivity contribution is 6.06. The first-order valence-corrected chi connectivity index (χ1v) is 12.3. The minimum Gasteiger partial charge on any atom is -0.497 e. The zero-order valence-corrected chi connectivity index (χ0v) is 21.0. The molecule has 11 nitrogen and oxygen atoms in total. The van der Waals surface area contributed by atoms with Crippen LogP contribution in [-0.2, 0) is 0 Å². The van der Waals surface area contributed by atoms with Crippen molar-refractivity contribution >= 4 is 39.4 Å². The summed E-state index contributed by atoms with van der Waals surface area (Å²) in [5.74, 6) is 1.29.